The van der Waals surface area contributed by atoms with Crippen molar-refractivity contribution in [1.29, 1.82) is 0 Å². The van der Waals surface area contributed by atoms with Crippen molar-refractivity contribution < 1.29 is 9.90 Å². The minimum atomic E-state index is -0.934. The molecule has 0 spiro atoms. The fraction of sp³-hybridized carbons (Fsp3) is 0.182. The van der Waals surface area contributed by atoms with Crippen molar-refractivity contribution in [1.82, 2.24) is 14.9 Å². The number of thioether (sulfide) groups is 1. The Balaban J connectivity index is 2.16. The van der Waals surface area contributed by atoms with Gasteiger partial charge in [-0.2, -0.15) is 0 Å². The third kappa shape index (κ3) is 2.45. The zero-order valence-corrected chi connectivity index (χ0v) is 10.5. The molecule has 6 nitrogen and oxygen atoms in total. The van der Waals surface area contributed by atoms with Gasteiger partial charge in [0.15, 0.2) is 0 Å². The van der Waals surface area contributed by atoms with Crippen LogP contribution in [0.5, 0.6) is 0 Å². The lowest BCUT2D eigenvalue weighted by atomic mass is 10.1. The highest BCUT2D eigenvalue weighted by atomic mass is 32.2. The van der Waals surface area contributed by atoms with Crippen LogP contribution in [0.4, 0.5) is 0 Å². The minimum absolute atomic E-state index is 0.296. The number of hydrogen-bond donors (Lipinski definition) is 2. The first-order chi connectivity index (χ1) is 8.59. The Hall–Kier alpha value is -2.02. The predicted octanol–water partition coefficient (Wildman–Crippen LogP) is 1.29. The van der Waals surface area contributed by atoms with E-state index >= 15 is 0 Å². The van der Waals surface area contributed by atoms with Gasteiger partial charge >= 0.3 is 5.97 Å². The quantitative estimate of drug-likeness (QED) is 0.638. The van der Waals surface area contributed by atoms with E-state index in [0.29, 0.717) is 22.3 Å². The van der Waals surface area contributed by atoms with Gasteiger partial charge in [0.05, 0.1) is 5.56 Å². The molecule has 0 unspecified atom stereocenters. The number of carboxylic acid groups (broad SMARTS) is 1. The number of aromatic nitrogens is 3. The molecule has 1 aromatic carbocycles. The maximum atomic E-state index is 11.0. The first kappa shape index (κ1) is 12.4. The summed E-state index contributed by atoms with van der Waals surface area (Å²) in [6.45, 7) is 1.75. The Morgan fingerprint density at radius 1 is 1.44 bits per heavy atom. The second-order valence-corrected chi connectivity index (χ2v) is 4.59. The monoisotopic (exact) mass is 264 g/mol. The van der Waals surface area contributed by atoms with Crippen LogP contribution >= 0.6 is 11.8 Å². The van der Waals surface area contributed by atoms with Gasteiger partial charge in [-0.05, 0) is 18.6 Å². The number of carbonyl (C=O) groups is 1. The normalized spacial score (nSPS) is 10.5. The number of benzene rings is 1. The molecular formula is C11H12N4O2S. The van der Waals surface area contributed by atoms with E-state index in [4.69, 9.17) is 10.9 Å². The van der Waals surface area contributed by atoms with Crippen LogP contribution in [0.2, 0.25) is 0 Å². The van der Waals surface area contributed by atoms with Crippen molar-refractivity contribution in [3.8, 4) is 0 Å². The van der Waals surface area contributed by atoms with Crippen LogP contribution in [0, 0.1) is 6.92 Å². The molecule has 1 heterocycles. The fourth-order valence-electron chi connectivity index (χ4n) is 1.45. The van der Waals surface area contributed by atoms with E-state index in [-0.39, 0.29) is 0 Å². The van der Waals surface area contributed by atoms with Crippen molar-refractivity contribution in [2.24, 2.45) is 0 Å². The summed E-state index contributed by atoms with van der Waals surface area (Å²) in [4.78, 5) is 11.0. The zero-order valence-electron chi connectivity index (χ0n) is 9.70. The van der Waals surface area contributed by atoms with Crippen LogP contribution in [-0.2, 0) is 5.75 Å². The van der Waals surface area contributed by atoms with Crippen LogP contribution in [0.1, 0.15) is 21.7 Å². The van der Waals surface area contributed by atoms with Crippen LogP contribution in [0.15, 0.2) is 29.4 Å². The van der Waals surface area contributed by atoms with E-state index in [2.05, 4.69) is 10.2 Å². The van der Waals surface area contributed by atoms with Gasteiger partial charge in [-0.3, -0.25) is 0 Å². The Bertz CT molecular complexity index is 582. The SMILES string of the molecule is Cc1nnc(SCc2ccccc2C(=O)O)n1N. The molecule has 0 aliphatic heterocycles. The molecule has 0 bridgehead atoms. The predicted molar refractivity (Wildman–Crippen MR) is 67.9 cm³/mol. The molecule has 94 valence electrons. The van der Waals surface area contributed by atoms with Crippen molar-refractivity contribution in [2.45, 2.75) is 17.8 Å². The van der Waals surface area contributed by atoms with E-state index in [1.807, 2.05) is 0 Å². The topological polar surface area (TPSA) is 94.0 Å². The third-order valence-corrected chi connectivity index (χ3v) is 3.43. The zero-order chi connectivity index (χ0) is 13.1. The molecule has 0 amide bonds. The summed E-state index contributed by atoms with van der Waals surface area (Å²) in [5, 5.41) is 17.4. The number of aryl methyl sites for hydroxylation is 1. The summed E-state index contributed by atoms with van der Waals surface area (Å²) >= 11 is 1.35. The Labute approximate surface area is 108 Å². The van der Waals surface area contributed by atoms with Gasteiger partial charge in [0.1, 0.15) is 5.82 Å². The number of rotatable bonds is 4. The first-order valence-corrected chi connectivity index (χ1v) is 6.19. The molecule has 0 aliphatic carbocycles. The van der Waals surface area contributed by atoms with E-state index in [9.17, 15) is 4.79 Å². The van der Waals surface area contributed by atoms with Crippen LogP contribution in [-0.4, -0.2) is 25.9 Å². The Morgan fingerprint density at radius 2 is 2.17 bits per heavy atom. The van der Waals surface area contributed by atoms with Gasteiger partial charge in [-0.15, -0.1) is 10.2 Å². The second-order valence-electron chi connectivity index (χ2n) is 3.65. The Morgan fingerprint density at radius 3 is 2.78 bits per heavy atom. The Kier molecular flexibility index (Phi) is 3.52. The maximum Gasteiger partial charge on any atom is 0.335 e. The third-order valence-electron chi connectivity index (χ3n) is 2.44. The largest absolute Gasteiger partial charge is 0.478 e. The summed E-state index contributed by atoms with van der Waals surface area (Å²) in [5.41, 5.74) is 1.03. The van der Waals surface area contributed by atoms with E-state index in [1.165, 1.54) is 16.4 Å². The molecule has 2 aromatic rings. The average Bonchev–Trinajstić information content (AvgIpc) is 2.68. The summed E-state index contributed by atoms with van der Waals surface area (Å²) in [7, 11) is 0. The number of nitrogens with two attached hydrogens (primary N) is 1. The molecule has 0 saturated heterocycles. The minimum Gasteiger partial charge on any atom is -0.478 e. The van der Waals surface area contributed by atoms with Crippen LogP contribution in [0.3, 0.4) is 0 Å². The lowest BCUT2D eigenvalue weighted by Gasteiger charge is -2.05. The number of carboxylic acids is 1. The van der Waals surface area contributed by atoms with E-state index in [0.717, 1.165) is 5.56 Å². The standard InChI is InChI=1S/C11H12N4O2S/c1-7-13-14-11(15(7)12)18-6-8-4-2-3-5-9(8)10(16)17/h2-5H,6,12H2,1H3,(H,16,17). The molecule has 3 N–H and O–H groups in total. The van der Waals surface area contributed by atoms with Crippen molar-refractivity contribution in [3.63, 3.8) is 0 Å². The van der Waals surface area contributed by atoms with Crippen molar-refractivity contribution in [3.05, 3.63) is 41.2 Å². The molecule has 0 saturated carbocycles. The molecule has 18 heavy (non-hydrogen) atoms. The van der Waals surface area contributed by atoms with Gasteiger partial charge in [0, 0.05) is 5.75 Å². The molecule has 0 fully saturated rings. The van der Waals surface area contributed by atoms with Crippen LogP contribution in [0.25, 0.3) is 0 Å². The first-order valence-electron chi connectivity index (χ1n) is 5.20. The summed E-state index contributed by atoms with van der Waals surface area (Å²) in [5.74, 6) is 5.88. The molecule has 7 heteroatoms. The molecule has 1 aromatic heterocycles. The van der Waals surface area contributed by atoms with E-state index in [1.54, 1.807) is 31.2 Å². The lowest BCUT2D eigenvalue weighted by Crippen LogP contribution is -2.11. The highest BCUT2D eigenvalue weighted by Gasteiger charge is 2.11. The molecule has 0 aliphatic rings. The van der Waals surface area contributed by atoms with Gasteiger partial charge in [0.2, 0.25) is 5.16 Å². The average molecular weight is 264 g/mol. The van der Waals surface area contributed by atoms with Gasteiger partial charge < -0.3 is 10.9 Å². The van der Waals surface area contributed by atoms with Crippen molar-refractivity contribution in [2.75, 3.05) is 5.84 Å². The van der Waals surface area contributed by atoms with Crippen LogP contribution < -0.4 is 5.84 Å². The van der Waals surface area contributed by atoms with E-state index < -0.39 is 5.97 Å². The number of nitrogens with zero attached hydrogens (tertiary/aromatic N) is 3. The number of aromatic carboxylic acids is 1. The second kappa shape index (κ2) is 5.09. The highest BCUT2D eigenvalue weighted by Crippen LogP contribution is 2.22. The van der Waals surface area contributed by atoms with Crippen molar-refractivity contribution >= 4 is 17.7 Å². The fourth-order valence-corrected chi connectivity index (χ4v) is 2.35. The maximum absolute atomic E-state index is 11.0. The summed E-state index contributed by atoms with van der Waals surface area (Å²) < 4.78 is 1.38. The molecule has 0 atom stereocenters. The van der Waals surface area contributed by atoms with Gasteiger partial charge in [-0.1, -0.05) is 30.0 Å². The highest BCUT2D eigenvalue weighted by molar-refractivity contribution is 7.98. The lowest BCUT2D eigenvalue weighted by molar-refractivity contribution is 0.0696. The van der Waals surface area contributed by atoms with Gasteiger partial charge in [-0.25, -0.2) is 9.47 Å². The number of hydrogen-bond acceptors (Lipinski definition) is 5. The summed E-state index contributed by atoms with van der Waals surface area (Å²) in [6.07, 6.45) is 0. The molecular weight excluding hydrogens is 252 g/mol. The van der Waals surface area contributed by atoms with Gasteiger partial charge in [0.25, 0.3) is 0 Å². The molecule has 2 rings (SSSR count). The number of nitrogen functional groups attached to an aromatic ring is 1. The molecule has 0 radical (unpaired) electrons. The summed E-state index contributed by atoms with van der Waals surface area (Å²) in [6, 6.07) is 6.87. The smallest absolute Gasteiger partial charge is 0.335 e.